The highest BCUT2D eigenvalue weighted by atomic mass is 19.4. The summed E-state index contributed by atoms with van der Waals surface area (Å²) in [5.41, 5.74) is -0.760. The summed E-state index contributed by atoms with van der Waals surface area (Å²) in [5, 5.41) is 23.1. The number of alkyl halides is 3. The van der Waals surface area contributed by atoms with Crippen LogP contribution in [-0.4, -0.2) is 33.2 Å². The Morgan fingerprint density at radius 2 is 2.15 bits per heavy atom. The van der Waals surface area contributed by atoms with Crippen LogP contribution in [0.4, 0.5) is 18.9 Å². The van der Waals surface area contributed by atoms with Gasteiger partial charge in [0.1, 0.15) is 0 Å². The first-order valence-electron chi connectivity index (χ1n) is 8.55. The Labute approximate surface area is 149 Å². The average Bonchev–Trinajstić information content (AvgIpc) is 3.16. The molecule has 1 aliphatic rings. The van der Waals surface area contributed by atoms with Crippen LogP contribution in [0, 0.1) is 11.3 Å². The van der Waals surface area contributed by atoms with Gasteiger partial charge in [0, 0.05) is 24.2 Å². The highest BCUT2D eigenvalue weighted by molar-refractivity contribution is 5.55. The minimum absolute atomic E-state index is 0.0891. The number of hydrogen-bond donors (Lipinski definition) is 1. The van der Waals surface area contributed by atoms with Gasteiger partial charge in [0.05, 0.1) is 17.2 Å². The van der Waals surface area contributed by atoms with Gasteiger partial charge in [0.2, 0.25) is 0 Å². The second-order valence-electron chi connectivity index (χ2n) is 6.41. The molecule has 2 atom stereocenters. The molecule has 1 aromatic heterocycles. The van der Waals surface area contributed by atoms with Crippen molar-refractivity contribution in [3.05, 3.63) is 35.2 Å². The normalized spacial score (nSPS) is 20.6. The van der Waals surface area contributed by atoms with Crippen molar-refractivity contribution in [3.8, 4) is 6.07 Å². The van der Waals surface area contributed by atoms with Crippen LogP contribution in [0.25, 0.3) is 0 Å². The number of benzene rings is 1. The summed E-state index contributed by atoms with van der Waals surface area (Å²) in [6.07, 6.45) is -1.02. The summed E-state index contributed by atoms with van der Waals surface area (Å²) in [5.74, 6) is 0.795. The molecular weight excluding hydrogens is 345 g/mol. The fraction of sp³-hybridized carbons (Fsp3) is 0.529. The van der Waals surface area contributed by atoms with Gasteiger partial charge in [-0.25, -0.2) is 0 Å². The lowest BCUT2D eigenvalue weighted by Gasteiger charge is -2.38. The van der Waals surface area contributed by atoms with E-state index in [4.69, 9.17) is 5.26 Å². The lowest BCUT2D eigenvalue weighted by Crippen LogP contribution is -2.38. The number of nitrogens with zero attached hydrogens (tertiary/aromatic N) is 5. The third kappa shape index (κ3) is 3.64. The summed E-state index contributed by atoms with van der Waals surface area (Å²) >= 11 is 0. The van der Waals surface area contributed by atoms with Gasteiger partial charge in [-0.15, -0.1) is 10.2 Å². The van der Waals surface area contributed by atoms with Gasteiger partial charge < -0.3 is 4.90 Å². The van der Waals surface area contributed by atoms with Crippen LogP contribution in [0.15, 0.2) is 18.2 Å². The Balaban J connectivity index is 1.88. The molecule has 0 bridgehead atoms. The monoisotopic (exact) mass is 364 g/mol. The topological polar surface area (TPSA) is 81.5 Å². The van der Waals surface area contributed by atoms with Crippen LogP contribution in [0.5, 0.6) is 0 Å². The van der Waals surface area contributed by atoms with E-state index in [1.807, 2.05) is 11.8 Å². The second kappa shape index (κ2) is 7.32. The number of tetrazole rings is 1. The highest BCUT2D eigenvalue weighted by Gasteiger charge is 2.35. The number of nitrogens with one attached hydrogen (secondary N) is 1. The van der Waals surface area contributed by atoms with Gasteiger partial charge in [-0.2, -0.15) is 23.6 Å². The van der Waals surface area contributed by atoms with E-state index >= 15 is 0 Å². The van der Waals surface area contributed by atoms with Crippen molar-refractivity contribution in [2.45, 2.75) is 50.7 Å². The highest BCUT2D eigenvalue weighted by Crippen LogP contribution is 2.38. The molecule has 26 heavy (non-hydrogen) atoms. The van der Waals surface area contributed by atoms with E-state index in [0.29, 0.717) is 18.1 Å². The number of rotatable bonds is 4. The van der Waals surface area contributed by atoms with Crippen molar-refractivity contribution in [2.75, 3.05) is 11.4 Å². The van der Waals surface area contributed by atoms with Crippen molar-refractivity contribution in [1.29, 1.82) is 5.26 Å². The molecule has 6 nitrogen and oxygen atoms in total. The van der Waals surface area contributed by atoms with Crippen LogP contribution in [0.1, 0.15) is 55.5 Å². The van der Waals surface area contributed by atoms with Crippen LogP contribution >= 0.6 is 0 Å². The molecular formula is C17H19F3N6. The van der Waals surface area contributed by atoms with Crippen LogP contribution in [0.3, 0.4) is 0 Å². The molecule has 0 saturated heterocycles. The summed E-state index contributed by atoms with van der Waals surface area (Å²) in [7, 11) is 0. The van der Waals surface area contributed by atoms with E-state index in [2.05, 4.69) is 20.6 Å². The van der Waals surface area contributed by atoms with E-state index in [9.17, 15) is 13.2 Å². The quantitative estimate of drug-likeness (QED) is 0.896. The number of anilines is 1. The number of H-pyrrole nitrogens is 1. The fourth-order valence-corrected chi connectivity index (χ4v) is 3.72. The zero-order chi connectivity index (χ0) is 18.7. The minimum Gasteiger partial charge on any atom is -0.369 e. The molecule has 1 heterocycles. The Morgan fingerprint density at radius 1 is 1.35 bits per heavy atom. The zero-order valence-corrected chi connectivity index (χ0v) is 14.3. The summed E-state index contributed by atoms with van der Waals surface area (Å²) in [6, 6.07) is 5.64. The molecule has 0 aliphatic heterocycles. The lowest BCUT2D eigenvalue weighted by molar-refractivity contribution is -0.137. The number of aromatic nitrogens is 4. The molecule has 3 rings (SSSR count). The second-order valence-corrected chi connectivity index (χ2v) is 6.41. The number of aromatic amines is 1. The van der Waals surface area contributed by atoms with E-state index < -0.39 is 11.7 Å². The summed E-state index contributed by atoms with van der Waals surface area (Å²) in [6.45, 7) is 2.50. The predicted octanol–water partition coefficient (Wildman–Crippen LogP) is 3.64. The van der Waals surface area contributed by atoms with Crippen molar-refractivity contribution >= 4 is 5.69 Å². The number of hydrogen-bond acceptors (Lipinski definition) is 5. The summed E-state index contributed by atoms with van der Waals surface area (Å²) in [4.78, 5) is 1.97. The largest absolute Gasteiger partial charge is 0.417 e. The maximum atomic E-state index is 13.3. The van der Waals surface area contributed by atoms with E-state index in [0.717, 1.165) is 31.7 Å². The Kier molecular flexibility index (Phi) is 5.11. The number of halogens is 3. The first-order chi connectivity index (χ1) is 12.4. The van der Waals surface area contributed by atoms with Crippen LogP contribution < -0.4 is 4.90 Å². The molecule has 2 aromatic rings. The molecule has 0 amide bonds. The van der Waals surface area contributed by atoms with Crippen molar-refractivity contribution in [1.82, 2.24) is 20.6 Å². The van der Waals surface area contributed by atoms with Crippen molar-refractivity contribution < 1.29 is 13.2 Å². The lowest BCUT2D eigenvalue weighted by atomic mass is 9.84. The molecule has 138 valence electrons. The Hall–Kier alpha value is -2.63. The summed E-state index contributed by atoms with van der Waals surface area (Å²) < 4.78 is 39.8. The molecule has 2 unspecified atom stereocenters. The molecule has 1 saturated carbocycles. The molecule has 0 radical (unpaired) electrons. The maximum Gasteiger partial charge on any atom is 0.417 e. The smallest absolute Gasteiger partial charge is 0.369 e. The predicted molar refractivity (Wildman–Crippen MR) is 88.4 cm³/mol. The number of nitriles is 1. The van der Waals surface area contributed by atoms with Crippen LogP contribution in [0.2, 0.25) is 0 Å². The van der Waals surface area contributed by atoms with Gasteiger partial charge in [-0.3, -0.25) is 0 Å². The fourth-order valence-electron chi connectivity index (χ4n) is 3.72. The van der Waals surface area contributed by atoms with Gasteiger partial charge in [-0.05, 0) is 44.4 Å². The molecule has 1 N–H and O–H groups in total. The molecule has 1 aliphatic carbocycles. The Morgan fingerprint density at radius 3 is 2.77 bits per heavy atom. The van der Waals surface area contributed by atoms with Gasteiger partial charge >= 0.3 is 6.18 Å². The van der Waals surface area contributed by atoms with Gasteiger partial charge in [-0.1, -0.05) is 11.6 Å². The molecule has 0 spiro atoms. The van der Waals surface area contributed by atoms with Gasteiger partial charge in [0.25, 0.3) is 0 Å². The molecule has 1 aromatic carbocycles. The van der Waals surface area contributed by atoms with Crippen molar-refractivity contribution in [3.63, 3.8) is 0 Å². The van der Waals surface area contributed by atoms with Crippen LogP contribution in [-0.2, 0) is 6.18 Å². The van der Waals surface area contributed by atoms with Gasteiger partial charge in [0.15, 0.2) is 5.82 Å². The SMILES string of the molecule is CCN(c1ccc(C#N)c(C(F)(F)F)c1)C1CCCC(c2nn[nH]n2)C1. The average molecular weight is 364 g/mol. The van der Waals surface area contributed by atoms with Crippen molar-refractivity contribution in [2.24, 2.45) is 0 Å². The zero-order valence-electron chi connectivity index (χ0n) is 14.3. The van der Waals surface area contributed by atoms with E-state index in [1.54, 1.807) is 12.1 Å². The van der Waals surface area contributed by atoms with E-state index in [-0.39, 0.29) is 17.5 Å². The third-order valence-corrected chi connectivity index (χ3v) is 4.92. The Bertz CT molecular complexity index is 781. The van der Waals surface area contributed by atoms with E-state index in [1.165, 1.54) is 6.07 Å². The third-order valence-electron chi connectivity index (χ3n) is 4.92. The first kappa shape index (κ1) is 18.2. The minimum atomic E-state index is -4.56. The standard InChI is InChI=1S/C17H19F3N6/c1-2-26(13-5-3-4-11(8-13)16-22-24-25-23-16)14-7-6-12(10-21)15(9-14)17(18,19)20/h6-7,9,11,13H,2-5,8H2,1H3,(H,22,23,24,25). The maximum absolute atomic E-state index is 13.3. The molecule has 1 fully saturated rings. The molecule has 9 heteroatoms. The first-order valence-corrected chi connectivity index (χ1v) is 8.55.